The summed E-state index contributed by atoms with van der Waals surface area (Å²) in [4.78, 5) is -0.0985. The van der Waals surface area contributed by atoms with E-state index in [9.17, 15) is 26.7 Å². The topological polar surface area (TPSA) is 57.6 Å². The standard InChI is InChI=1S/C18H18F3NO3S/c1-17(23,18(19,20)21)15-6-8-16(9-7-15)26(24,25)22-11-10-13-4-2-3-5-14(13)12-22/h2-9,23H,10-12H2,1H3. The molecule has 0 aromatic heterocycles. The van der Waals surface area contributed by atoms with Crippen molar-refractivity contribution in [1.29, 1.82) is 0 Å². The van der Waals surface area contributed by atoms with Crippen molar-refractivity contribution in [3.63, 3.8) is 0 Å². The Balaban J connectivity index is 1.87. The molecule has 1 heterocycles. The molecule has 140 valence electrons. The average Bonchev–Trinajstić information content (AvgIpc) is 2.60. The first-order valence-electron chi connectivity index (χ1n) is 8.00. The molecule has 0 saturated heterocycles. The normalized spacial score (nSPS) is 18.2. The Labute approximate surface area is 149 Å². The summed E-state index contributed by atoms with van der Waals surface area (Å²) >= 11 is 0. The van der Waals surface area contributed by atoms with Crippen molar-refractivity contribution in [1.82, 2.24) is 4.31 Å². The number of fused-ring (bicyclic) bond motifs is 1. The Morgan fingerprint density at radius 2 is 1.58 bits per heavy atom. The molecule has 2 aromatic carbocycles. The van der Waals surface area contributed by atoms with Gasteiger partial charge in [-0.05, 0) is 42.2 Å². The number of nitrogens with zero attached hydrogens (tertiary/aromatic N) is 1. The van der Waals surface area contributed by atoms with Gasteiger partial charge in [-0.3, -0.25) is 0 Å². The predicted octanol–water partition coefficient (Wildman–Crippen LogP) is 3.20. The molecule has 1 N–H and O–H groups in total. The van der Waals surface area contributed by atoms with Gasteiger partial charge in [-0.15, -0.1) is 0 Å². The highest BCUT2D eigenvalue weighted by Crippen LogP contribution is 2.38. The Morgan fingerprint density at radius 3 is 2.15 bits per heavy atom. The van der Waals surface area contributed by atoms with Gasteiger partial charge in [0.2, 0.25) is 10.0 Å². The molecule has 1 atom stereocenters. The molecule has 0 bridgehead atoms. The largest absolute Gasteiger partial charge is 0.421 e. The van der Waals surface area contributed by atoms with Crippen LogP contribution in [-0.4, -0.2) is 30.6 Å². The number of sulfonamides is 1. The molecule has 26 heavy (non-hydrogen) atoms. The third-order valence-electron chi connectivity index (χ3n) is 4.70. The van der Waals surface area contributed by atoms with Crippen LogP contribution in [0.3, 0.4) is 0 Å². The van der Waals surface area contributed by atoms with E-state index in [2.05, 4.69) is 0 Å². The number of aliphatic hydroxyl groups is 1. The van der Waals surface area contributed by atoms with Gasteiger partial charge in [0, 0.05) is 13.1 Å². The lowest BCUT2D eigenvalue weighted by Gasteiger charge is -2.29. The summed E-state index contributed by atoms with van der Waals surface area (Å²) in [5, 5.41) is 9.69. The van der Waals surface area contributed by atoms with Gasteiger partial charge < -0.3 is 5.11 Å². The van der Waals surface area contributed by atoms with Crippen LogP contribution in [0, 0.1) is 0 Å². The molecule has 3 rings (SSSR count). The summed E-state index contributed by atoms with van der Waals surface area (Å²) in [7, 11) is -3.83. The van der Waals surface area contributed by atoms with Gasteiger partial charge in [0.05, 0.1) is 4.90 Å². The average molecular weight is 385 g/mol. The maximum atomic E-state index is 12.9. The zero-order valence-electron chi connectivity index (χ0n) is 14.0. The fourth-order valence-corrected chi connectivity index (χ4v) is 4.36. The first kappa shape index (κ1) is 18.9. The van der Waals surface area contributed by atoms with E-state index in [0.717, 1.165) is 35.4 Å². The van der Waals surface area contributed by atoms with E-state index in [4.69, 9.17) is 0 Å². The van der Waals surface area contributed by atoms with Gasteiger partial charge in [-0.1, -0.05) is 36.4 Å². The second-order valence-electron chi connectivity index (χ2n) is 6.45. The molecule has 8 heteroatoms. The van der Waals surface area contributed by atoms with Crippen LogP contribution in [0.4, 0.5) is 13.2 Å². The molecule has 0 fully saturated rings. The lowest BCUT2D eigenvalue weighted by Crippen LogP contribution is -2.39. The first-order chi connectivity index (χ1) is 12.0. The maximum absolute atomic E-state index is 12.9. The van der Waals surface area contributed by atoms with Gasteiger partial charge in [-0.25, -0.2) is 8.42 Å². The van der Waals surface area contributed by atoms with Gasteiger partial charge in [0.1, 0.15) is 0 Å². The summed E-state index contributed by atoms with van der Waals surface area (Å²) < 4.78 is 65.6. The van der Waals surface area contributed by atoms with Crippen molar-refractivity contribution < 1.29 is 26.7 Å². The molecule has 2 aromatic rings. The van der Waals surface area contributed by atoms with Crippen molar-refractivity contribution >= 4 is 10.0 Å². The molecule has 0 aliphatic carbocycles. The molecular formula is C18H18F3NO3S. The van der Waals surface area contributed by atoms with Crippen LogP contribution in [0.5, 0.6) is 0 Å². The van der Waals surface area contributed by atoms with E-state index < -0.39 is 27.4 Å². The lowest BCUT2D eigenvalue weighted by molar-refractivity contribution is -0.258. The highest BCUT2D eigenvalue weighted by molar-refractivity contribution is 7.89. The number of benzene rings is 2. The van der Waals surface area contributed by atoms with Crippen LogP contribution in [0.2, 0.25) is 0 Å². The molecule has 1 aliphatic rings. The SMILES string of the molecule is CC(O)(c1ccc(S(=O)(=O)N2CCc3ccccc3C2)cc1)C(F)(F)F. The van der Waals surface area contributed by atoms with Gasteiger partial charge in [0.25, 0.3) is 0 Å². The second kappa shape index (κ2) is 6.37. The molecule has 1 unspecified atom stereocenters. The van der Waals surface area contributed by atoms with Gasteiger partial charge >= 0.3 is 6.18 Å². The summed E-state index contributed by atoms with van der Waals surface area (Å²) in [5.74, 6) is 0. The third kappa shape index (κ3) is 3.24. The van der Waals surface area contributed by atoms with E-state index >= 15 is 0 Å². The van der Waals surface area contributed by atoms with Crippen LogP contribution in [0.25, 0.3) is 0 Å². The number of alkyl halides is 3. The zero-order valence-corrected chi connectivity index (χ0v) is 14.8. The molecule has 0 saturated carbocycles. The highest BCUT2D eigenvalue weighted by Gasteiger charge is 2.51. The summed E-state index contributed by atoms with van der Waals surface area (Å²) in [6, 6.07) is 11.7. The van der Waals surface area contributed by atoms with Crippen molar-refractivity contribution in [3.05, 3.63) is 65.2 Å². The number of hydrogen-bond donors (Lipinski definition) is 1. The van der Waals surface area contributed by atoms with Crippen LogP contribution in [0.1, 0.15) is 23.6 Å². The summed E-state index contributed by atoms with van der Waals surface area (Å²) in [6.07, 6.45) is -4.28. The van der Waals surface area contributed by atoms with Crippen LogP contribution >= 0.6 is 0 Å². The molecule has 0 amide bonds. The van der Waals surface area contributed by atoms with Crippen molar-refractivity contribution in [2.75, 3.05) is 6.54 Å². The minimum absolute atomic E-state index is 0.0985. The number of hydrogen-bond acceptors (Lipinski definition) is 3. The molecule has 0 spiro atoms. The quantitative estimate of drug-likeness (QED) is 0.883. The van der Waals surface area contributed by atoms with E-state index in [-0.39, 0.29) is 11.4 Å². The maximum Gasteiger partial charge on any atom is 0.421 e. The van der Waals surface area contributed by atoms with E-state index in [1.165, 1.54) is 4.31 Å². The van der Waals surface area contributed by atoms with Crippen molar-refractivity contribution in [2.45, 2.75) is 36.6 Å². The van der Waals surface area contributed by atoms with E-state index in [1.54, 1.807) is 0 Å². The minimum Gasteiger partial charge on any atom is -0.376 e. The van der Waals surface area contributed by atoms with E-state index in [0.29, 0.717) is 19.9 Å². The van der Waals surface area contributed by atoms with Gasteiger partial charge in [0.15, 0.2) is 5.60 Å². The van der Waals surface area contributed by atoms with Crippen molar-refractivity contribution in [3.8, 4) is 0 Å². The Hall–Kier alpha value is -1.90. The minimum atomic E-state index is -4.86. The number of halogens is 3. The smallest absolute Gasteiger partial charge is 0.376 e. The zero-order chi connectivity index (χ0) is 19.2. The van der Waals surface area contributed by atoms with Crippen molar-refractivity contribution in [2.24, 2.45) is 0 Å². The van der Waals surface area contributed by atoms with Crippen LogP contribution in [0.15, 0.2) is 53.4 Å². The molecular weight excluding hydrogens is 367 g/mol. The molecule has 1 aliphatic heterocycles. The first-order valence-corrected chi connectivity index (χ1v) is 9.44. The molecule has 4 nitrogen and oxygen atoms in total. The second-order valence-corrected chi connectivity index (χ2v) is 8.39. The summed E-state index contributed by atoms with van der Waals surface area (Å²) in [5.41, 5.74) is -1.44. The third-order valence-corrected chi connectivity index (χ3v) is 6.56. The Bertz CT molecular complexity index is 906. The molecule has 0 radical (unpaired) electrons. The fraction of sp³-hybridized carbons (Fsp3) is 0.333. The summed E-state index contributed by atoms with van der Waals surface area (Å²) in [6.45, 7) is 1.17. The Kier molecular flexibility index (Phi) is 4.62. The predicted molar refractivity (Wildman–Crippen MR) is 89.8 cm³/mol. The lowest BCUT2D eigenvalue weighted by atomic mass is 9.96. The van der Waals surface area contributed by atoms with E-state index in [1.807, 2.05) is 24.3 Å². The monoisotopic (exact) mass is 385 g/mol. The Morgan fingerprint density at radius 1 is 1.00 bits per heavy atom. The highest BCUT2D eigenvalue weighted by atomic mass is 32.2. The van der Waals surface area contributed by atoms with Crippen LogP contribution < -0.4 is 0 Å². The number of rotatable bonds is 3. The van der Waals surface area contributed by atoms with Gasteiger partial charge in [-0.2, -0.15) is 17.5 Å². The van der Waals surface area contributed by atoms with Crippen LogP contribution in [-0.2, 0) is 28.6 Å². The fourth-order valence-electron chi connectivity index (χ4n) is 2.94.